The van der Waals surface area contributed by atoms with Crippen LogP contribution in [0.25, 0.3) is 22.6 Å². The van der Waals surface area contributed by atoms with E-state index in [9.17, 15) is 18.3 Å². The molecule has 1 aromatic heterocycles. The third kappa shape index (κ3) is 2.77. The number of nitrogens with zero attached hydrogens (tertiary/aromatic N) is 1. The number of benzene rings is 2. The summed E-state index contributed by atoms with van der Waals surface area (Å²) in [6.07, 6.45) is 0. The lowest BCUT2D eigenvalue weighted by molar-refractivity contribution is 0.281. The van der Waals surface area contributed by atoms with E-state index in [4.69, 9.17) is 4.52 Å². The number of hydrogen-bond donors (Lipinski definition) is 1. The van der Waals surface area contributed by atoms with Gasteiger partial charge in [-0.2, -0.15) is 0 Å². The number of hydrogen-bond acceptors (Lipinski definition) is 3. The Balaban J connectivity index is 2.20. The van der Waals surface area contributed by atoms with E-state index in [0.29, 0.717) is 27.9 Å². The van der Waals surface area contributed by atoms with Gasteiger partial charge >= 0.3 is 0 Å². The molecule has 0 aliphatic carbocycles. The maximum Gasteiger partial charge on any atom is 0.176 e. The smallest absolute Gasteiger partial charge is 0.176 e. The van der Waals surface area contributed by atoms with Crippen LogP contribution in [0.15, 0.2) is 45.4 Å². The van der Waals surface area contributed by atoms with Crippen molar-refractivity contribution in [1.29, 1.82) is 0 Å². The Bertz CT molecular complexity index is 880. The largest absolute Gasteiger partial charge is 0.391 e. The fraction of sp³-hybridized carbons (Fsp3) is 0.0625. The van der Waals surface area contributed by atoms with Gasteiger partial charge in [-0.15, -0.1) is 0 Å². The van der Waals surface area contributed by atoms with Gasteiger partial charge in [-0.3, -0.25) is 0 Å². The van der Waals surface area contributed by atoms with Crippen LogP contribution in [0.5, 0.6) is 0 Å². The molecular weight excluding hydrogens is 375 g/mol. The molecule has 0 unspecified atom stereocenters. The predicted molar refractivity (Wildman–Crippen MR) is 80.9 cm³/mol. The molecule has 0 spiro atoms. The average Bonchev–Trinajstić information content (AvgIpc) is 2.94. The Morgan fingerprint density at radius 2 is 1.70 bits per heavy atom. The molecule has 1 heterocycles. The second-order valence-electron chi connectivity index (χ2n) is 4.72. The van der Waals surface area contributed by atoms with Crippen LogP contribution in [0.3, 0.4) is 0 Å². The van der Waals surface area contributed by atoms with Gasteiger partial charge in [-0.25, -0.2) is 13.2 Å². The summed E-state index contributed by atoms with van der Waals surface area (Å²) in [6.45, 7) is -0.506. The van der Waals surface area contributed by atoms with Crippen molar-refractivity contribution in [2.45, 2.75) is 6.61 Å². The Kier molecular flexibility index (Phi) is 4.23. The molecule has 0 atom stereocenters. The lowest BCUT2D eigenvalue weighted by Gasteiger charge is -2.04. The highest BCUT2D eigenvalue weighted by molar-refractivity contribution is 9.10. The summed E-state index contributed by atoms with van der Waals surface area (Å²) >= 11 is 3.35. The minimum Gasteiger partial charge on any atom is -0.391 e. The van der Waals surface area contributed by atoms with E-state index in [1.54, 1.807) is 24.3 Å². The summed E-state index contributed by atoms with van der Waals surface area (Å²) in [5.74, 6) is -3.67. The molecule has 0 saturated carbocycles. The van der Waals surface area contributed by atoms with Gasteiger partial charge in [0.05, 0.1) is 17.7 Å². The zero-order valence-corrected chi connectivity index (χ0v) is 13.1. The zero-order chi connectivity index (χ0) is 16.6. The molecule has 0 saturated heterocycles. The molecule has 3 aromatic rings. The highest BCUT2D eigenvalue weighted by Crippen LogP contribution is 2.36. The van der Waals surface area contributed by atoms with E-state index < -0.39 is 24.1 Å². The fourth-order valence-electron chi connectivity index (χ4n) is 2.23. The molecule has 23 heavy (non-hydrogen) atoms. The summed E-state index contributed by atoms with van der Waals surface area (Å²) in [5, 5.41) is 13.5. The van der Waals surface area contributed by atoms with Crippen LogP contribution in [-0.2, 0) is 6.61 Å². The number of rotatable bonds is 3. The Labute approximate surface area is 137 Å². The van der Waals surface area contributed by atoms with Crippen molar-refractivity contribution in [1.82, 2.24) is 5.16 Å². The van der Waals surface area contributed by atoms with Crippen LogP contribution >= 0.6 is 15.9 Å². The topological polar surface area (TPSA) is 46.3 Å². The van der Waals surface area contributed by atoms with Gasteiger partial charge in [0.1, 0.15) is 11.5 Å². The molecule has 0 radical (unpaired) electrons. The van der Waals surface area contributed by atoms with Crippen molar-refractivity contribution < 1.29 is 22.8 Å². The highest BCUT2D eigenvalue weighted by atomic mass is 79.9. The van der Waals surface area contributed by atoms with Gasteiger partial charge in [-0.1, -0.05) is 39.3 Å². The van der Waals surface area contributed by atoms with Crippen LogP contribution < -0.4 is 0 Å². The van der Waals surface area contributed by atoms with Crippen LogP contribution in [0, 0.1) is 17.5 Å². The molecule has 118 valence electrons. The molecular formula is C16H9BrF3NO2. The third-order valence-electron chi connectivity index (χ3n) is 3.33. The van der Waals surface area contributed by atoms with Gasteiger partial charge < -0.3 is 9.63 Å². The highest BCUT2D eigenvalue weighted by Gasteiger charge is 2.23. The van der Waals surface area contributed by atoms with Crippen molar-refractivity contribution in [3.05, 3.63) is 63.9 Å². The minimum atomic E-state index is -1.30. The molecule has 7 heteroatoms. The van der Waals surface area contributed by atoms with E-state index >= 15 is 0 Å². The van der Waals surface area contributed by atoms with Crippen molar-refractivity contribution in [3.63, 3.8) is 0 Å². The summed E-state index contributed by atoms with van der Waals surface area (Å²) in [5.41, 5.74) is 0.786. The average molecular weight is 384 g/mol. The lowest BCUT2D eigenvalue weighted by Crippen LogP contribution is -1.94. The maximum absolute atomic E-state index is 13.9. The quantitative estimate of drug-likeness (QED) is 0.667. The van der Waals surface area contributed by atoms with E-state index in [2.05, 4.69) is 21.1 Å². The first-order valence-electron chi connectivity index (χ1n) is 6.52. The minimum absolute atomic E-state index is 0.144. The Hall–Kier alpha value is -2.12. The fourth-order valence-corrected chi connectivity index (χ4v) is 2.70. The normalized spacial score (nSPS) is 11.0. The molecule has 0 bridgehead atoms. The van der Waals surface area contributed by atoms with Crippen molar-refractivity contribution >= 4 is 15.9 Å². The van der Waals surface area contributed by atoms with Crippen LogP contribution in [0.1, 0.15) is 5.56 Å². The molecule has 0 amide bonds. The molecule has 0 aliphatic heterocycles. The first kappa shape index (κ1) is 15.8. The van der Waals surface area contributed by atoms with E-state index in [-0.39, 0.29) is 16.9 Å². The van der Waals surface area contributed by atoms with E-state index in [1.807, 2.05) is 0 Å². The number of aliphatic hydroxyl groups excluding tert-OH is 1. The summed E-state index contributed by atoms with van der Waals surface area (Å²) in [6, 6.07) is 8.14. The van der Waals surface area contributed by atoms with Gasteiger partial charge in [0.2, 0.25) is 0 Å². The molecule has 2 aromatic carbocycles. The van der Waals surface area contributed by atoms with Crippen LogP contribution in [0.4, 0.5) is 13.2 Å². The predicted octanol–water partition coefficient (Wildman–Crippen LogP) is 4.68. The summed E-state index contributed by atoms with van der Waals surface area (Å²) in [4.78, 5) is 0. The van der Waals surface area contributed by atoms with Crippen LogP contribution in [-0.4, -0.2) is 10.3 Å². The maximum atomic E-state index is 13.9. The van der Waals surface area contributed by atoms with E-state index in [0.717, 1.165) is 0 Å². The Morgan fingerprint density at radius 3 is 2.39 bits per heavy atom. The van der Waals surface area contributed by atoms with Crippen molar-refractivity contribution in [3.8, 4) is 22.6 Å². The lowest BCUT2D eigenvalue weighted by atomic mass is 10.0. The first-order chi connectivity index (χ1) is 11.0. The first-order valence-corrected chi connectivity index (χ1v) is 7.31. The summed E-state index contributed by atoms with van der Waals surface area (Å²) < 4.78 is 46.2. The monoisotopic (exact) mass is 383 g/mol. The molecule has 0 fully saturated rings. The van der Waals surface area contributed by atoms with E-state index in [1.165, 1.54) is 0 Å². The standard InChI is InChI=1S/C16H9BrF3NO2/c17-11-4-2-1-3-8(11)15-10(7-22)16(23-21-15)9-5-13(19)14(20)6-12(9)18/h1-6,22H,7H2. The van der Waals surface area contributed by atoms with Gasteiger partial charge in [0, 0.05) is 16.1 Å². The molecule has 0 aliphatic rings. The van der Waals surface area contributed by atoms with Gasteiger partial charge in [-0.05, 0) is 12.1 Å². The SMILES string of the molecule is OCc1c(-c2ccccc2Br)noc1-c1cc(F)c(F)cc1F. The number of aromatic nitrogens is 1. The number of halogens is 4. The second kappa shape index (κ2) is 6.17. The summed E-state index contributed by atoms with van der Waals surface area (Å²) in [7, 11) is 0. The second-order valence-corrected chi connectivity index (χ2v) is 5.58. The zero-order valence-electron chi connectivity index (χ0n) is 11.5. The molecule has 3 rings (SSSR count). The molecule has 1 N–H and O–H groups in total. The molecule has 3 nitrogen and oxygen atoms in total. The van der Waals surface area contributed by atoms with Gasteiger partial charge in [0.25, 0.3) is 0 Å². The van der Waals surface area contributed by atoms with Crippen molar-refractivity contribution in [2.24, 2.45) is 0 Å². The third-order valence-corrected chi connectivity index (χ3v) is 4.02. The number of aliphatic hydroxyl groups is 1. The van der Waals surface area contributed by atoms with Crippen molar-refractivity contribution in [2.75, 3.05) is 0 Å². The van der Waals surface area contributed by atoms with Crippen LogP contribution in [0.2, 0.25) is 0 Å². The Morgan fingerprint density at radius 1 is 1.00 bits per heavy atom. The van der Waals surface area contributed by atoms with Gasteiger partial charge in [0.15, 0.2) is 17.4 Å².